The van der Waals surface area contributed by atoms with Crippen LogP contribution >= 0.6 is 15.9 Å². The van der Waals surface area contributed by atoms with Gasteiger partial charge in [0, 0.05) is 0 Å². The predicted octanol–water partition coefficient (Wildman–Crippen LogP) is 4.09. The molecule has 0 saturated heterocycles. The standard InChI is InChI=1S/C15H12BrN3/c1-11-6-2-3-7-12(11)10-15(16)19-14-9-5-4-8-13(14)17-18-19/h2-10H,1H3/b15-10+. The topological polar surface area (TPSA) is 30.7 Å². The van der Waals surface area contributed by atoms with Crippen LogP contribution in [-0.2, 0) is 0 Å². The van der Waals surface area contributed by atoms with Gasteiger partial charge in [-0.2, -0.15) is 0 Å². The van der Waals surface area contributed by atoms with Crippen molar-refractivity contribution < 1.29 is 0 Å². The average Bonchev–Trinajstić information content (AvgIpc) is 2.85. The summed E-state index contributed by atoms with van der Waals surface area (Å²) in [4.78, 5) is 0. The maximum Gasteiger partial charge on any atom is 0.113 e. The van der Waals surface area contributed by atoms with Crippen LogP contribution in [0, 0.1) is 6.92 Å². The number of aromatic nitrogens is 3. The maximum atomic E-state index is 4.17. The van der Waals surface area contributed by atoms with Crippen LogP contribution in [-0.4, -0.2) is 15.0 Å². The molecule has 0 aliphatic carbocycles. The Kier molecular flexibility index (Phi) is 3.17. The van der Waals surface area contributed by atoms with E-state index in [0.29, 0.717) is 0 Å². The molecule has 0 bridgehead atoms. The van der Waals surface area contributed by atoms with Crippen LogP contribution in [0.15, 0.2) is 48.5 Å². The lowest BCUT2D eigenvalue weighted by molar-refractivity contribution is 0.858. The lowest BCUT2D eigenvalue weighted by Gasteiger charge is -2.03. The Morgan fingerprint density at radius 3 is 2.68 bits per heavy atom. The third-order valence-electron chi connectivity index (χ3n) is 3.02. The molecule has 0 amide bonds. The second kappa shape index (κ2) is 4.97. The van der Waals surface area contributed by atoms with Crippen molar-refractivity contribution in [3.63, 3.8) is 0 Å². The second-order valence-corrected chi connectivity index (χ2v) is 5.13. The van der Waals surface area contributed by atoms with Crippen LogP contribution in [0.4, 0.5) is 0 Å². The van der Waals surface area contributed by atoms with Gasteiger partial charge in [0.2, 0.25) is 0 Å². The monoisotopic (exact) mass is 313 g/mol. The molecule has 0 atom stereocenters. The molecule has 0 N–H and O–H groups in total. The van der Waals surface area contributed by atoms with E-state index < -0.39 is 0 Å². The number of nitrogens with zero attached hydrogens (tertiary/aromatic N) is 3. The second-order valence-electron chi connectivity index (χ2n) is 4.31. The molecule has 19 heavy (non-hydrogen) atoms. The maximum absolute atomic E-state index is 4.17. The Morgan fingerprint density at radius 2 is 1.84 bits per heavy atom. The molecule has 0 saturated carbocycles. The van der Waals surface area contributed by atoms with Crippen LogP contribution in [0.3, 0.4) is 0 Å². The predicted molar refractivity (Wildman–Crippen MR) is 81.8 cm³/mol. The molecule has 0 unspecified atom stereocenters. The Balaban J connectivity index is 2.09. The first-order valence-electron chi connectivity index (χ1n) is 5.99. The Hall–Kier alpha value is -1.94. The van der Waals surface area contributed by atoms with E-state index in [1.807, 2.05) is 36.4 Å². The Morgan fingerprint density at radius 1 is 1.11 bits per heavy atom. The molecular formula is C15H12BrN3. The quantitative estimate of drug-likeness (QED) is 0.713. The molecule has 0 radical (unpaired) electrons. The minimum Gasteiger partial charge on any atom is -0.206 e. The van der Waals surface area contributed by atoms with Crippen LogP contribution in [0.25, 0.3) is 21.7 Å². The van der Waals surface area contributed by atoms with Gasteiger partial charge in [0.15, 0.2) is 0 Å². The van der Waals surface area contributed by atoms with Gasteiger partial charge in [0.1, 0.15) is 10.1 Å². The van der Waals surface area contributed by atoms with Gasteiger partial charge >= 0.3 is 0 Å². The third-order valence-corrected chi connectivity index (χ3v) is 3.58. The van der Waals surface area contributed by atoms with Crippen molar-refractivity contribution in [1.82, 2.24) is 15.0 Å². The Bertz CT molecular complexity index is 759. The number of hydrogen-bond acceptors (Lipinski definition) is 2. The van der Waals surface area contributed by atoms with E-state index in [9.17, 15) is 0 Å². The fraction of sp³-hybridized carbons (Fsp3) is 0.0667. The first-order valence-corrected chi connectivity index (χ1v) is 6.78. The molecule has 0 aliphatic rings. The van der Waals surface area contributed by atoms with E-state index in [1.54, 1.807) is 4.68 Å². The Labute approximate surface area is 119 Å². The number of fused-ring (bicyclic) bond motifs is 1. The van der Waals surface area contributed by atoms with Gasteiger partial charge in [0.05, 0.1) is 5.52 Å². The highest BCUT2D eigenvalue weighted by atomic mass is 79.9. The van der Waals surface area contributed by atoms with Gasteiger partial charge in [-0.05, 0) is 52.2 Å². The number of hydrogen-bond donors (Lipinski definition) is 0. The molecule has 1 heterocycles. The molecule has 2 aromatic carbocycles. The van der Waals surface area contributed by atoms with Crippen molar-refractivity contribution in [2.75, 3.05) is 0 Å². The normalized spacial score (nSPS) is 12.0. The van der Waals surface area contributed by atoms with Gasteiger partial charge < -0.3 is 0 Å². The zero-order valence-electron chi connectivity index (χ0n) is 10.4. The van der Waals surface area contributed by atoms with E-state index in [4.69, 9.17) is 0 Å². The molecule has 1 aromatic heterocycles. The molecule has 0 aliphatic heterocycles. The van der Waals surface area contributed by atoms with E-state index in [0.717, 1.165) is 21.2 Å². The van der Waals surface area contributed by atoms with Gasteiger partial charge in [-0.1, -0.05) is 41.6 Å². The summed E-state index contributed by atoms with van der Waals surface area (Å²) in [7, 11) is 0. The number of benzene rings is 2. The molecule has 3 nitrogen and oxygen atoms in total. The summed E-state index contributed by atoms with van der Waals surface area (Å²) in [6.45, 7) is 2.09. The molecule has 0 fully saturated rings. The summed E-state index contributed by atoms with van der Waals surface area (Å²) in [6, 6.07) is 16.1. The molecule has 0 spiro atoms. The molecule has 4 heteroatoms. The van der Waals surface area contributed by atoms with Crippen molar-refractivity contribution in [3.8, 4) is 0 Å². The summed E-state index contributed by atoms with van der Waals surface area (Å²) >= 11 is 3.58. The number of para-hydroxylation sites is 1. The molecule has 3 aromatic rings. The molecular weight excluding hydrogens is 302 g/mol. The number of rotatable bonds is 2. The van der Waals surface area contributed by atoms with Crippen molar-refractivity contribution in [2.24, 2.45) is 0 Å². The lowest BCUT2D eigenvalue weighted by atomic mass is 10.1. The van der Waals surface area contributed by atoms with Gasteiger partial charge in [-0.3, -0.25) is 0 Å². The largest absolute Gasteiger partial charge is 0.206 e. The number of halogens is 1. The van der Waals surface area contributed by atoms with Crippen molar-refractivity contribution >= 4 is 37.6 Å². The van der Waals surface area contributed by atoms with E-state index in [2.05, 4.69) is 51.4 Å². The molecule has 94 valence electrons. The highest BCUT2D eigenvalue weighted by molar-refractivity contribution is 9.15. The van der Waals surface area contributed by atoms with Crippen LogP contribution < -0.4 is 0 Å². The fourth-order valence-electron chi connectivity index (χ4n) is 1.96. The fourth-order valence-corrected chi connectivity index (χ4v) is 2.47. The zero-order valence-corrected chi connectivity index (χ0v) is 12.0. The van der Waals surface area contributed by atoms with Crippen molar-refractivity contribution in [1.29, 1.82) is 0 Å². The van der Waals surface area contributed by atoms with Crippen molar-refractivity contribution in [2.45, 2.75) is 6.92 Å². The molecule has 3 rings (SSSR count). The summed E-state index contributed by atoms with van der Waals surface area (Å²) in [5, 5.41) is 8.32. The van der Waals surface area contributed by atoms with Gasteiger partial charge in [-0.25, -0.2) is 4.68 Å². The first-order chi connectivity index (χ1) is 9.25. The van der Waals surface area contributed by atoms with E-state index >= 15 is 0 Å². The lowest BCUT2D eigenvalue weighted by Crippen LogP contribution is -1.94. The number of aryl methyl sites for hydroxylation is 1. The van der Waals surface area contributed by atoms with Crippen LogP contribution in [0.5, 0.6) is 0 Å². The van der Waals surface area contributed by atoms with Crippen molar-refractivity contribution in [3.05, 3.63) is 59.7 Å². The van der Waals surface area contributed by atoms with E-state index in [-0.39, 0.29) is 0 Å². The smallest absolute Gasteiger partial charge is 0.113 e. The summed E-state index contributed by atoms with van der Waals surface area (Å²) < 4.78 is 2.66. The van der Waals surface area contributed by atoms with Crippen LogP contribution in [0.2, 0.25) is 0 Å². The summed E-state index contributed by atoms with van der Waals surface area (Å²) in [5.74, 6) is 0. The average molecular weight is 314 g/mol. The first kappa shape index (κ1) is 12.1. The minimum absolute atomic E-state index is 0.871. The highest BCUT2D eigenvalue weighted by Crippen LogP contribution is 2.22. The highest BCUT2D eigenvalue weighted by Gasteiger charge is 2.06. The summed E-state index contributed by atoms with van der Waals surface area (Å²) in [5.41, 5.74) is 4.26. The van der Waals surface area contributed by atoms with E-state index in [1.165, 1.54) is 5.56 Å². The minimum atomic E-state index is 0.871. The summed E-state index contributed by atoms with van der Waals surface area (Å²) in [6.07, 6.45) is 2.05. The van der Waals surface area contributed by atoms with Gasteiger partial charge in [0.25, 0.3) is 0 Å². The zero-order chi connectivity index (χ0) is 13.2. The van der Waals surface area contributed by atoms with Crippen LogP contribution in [0.1, 0.15) is 11.1 Å². The third kappa shape index (κ3) is 2.31. The van der Waals surface area contributed by atoms with Gasteiger partial charge in [-0.15, -0.1) is 5.10 Å². The SMILES string of the molecule is Cc1ccccc1/C=C(\Br)n1nnc2ccccc21.